The Bertz CT molecular complexity index is 560. The van der Waals surface area contributed by atoms with Gasteiger partial charge in [-0.3, -0.25) is 4.79 Å². The maximum atomic E-state index is 11.9. The lowest BCUT2D eigenvalue weighted by Gasteiger charge is -2.03. The number of furan rings is 1. The lowest BCUT2D eigenvalue weighted by Crippen LogP contribution is -2.26. The van der Waals surface area contributed by atoms with Crippen LogP contribution in [0.3, 0.4) is 0 Å². The first-order valence-corrected chi connectivity index (χ1v) is 6.70. The minimum Gasteiger partial charge on any atom is -0.451 e. The number of fused-ring (bicyclic) bond motifs is 1. The van der Waals surface area contributed by atoms with Crippen LogP contribution in [0, 0.1) is 6.92 Å². The molecule has 0 spiro atoms. The molecule has 2 rings (SSSR count). The van der Waals surface area contributed by atoms with Crippen molar-refractivity contribution in [3.63, 3.8) is 0 Å². The molecular formula is C15H20N2O2. The highest BCUT2D eigenvalue weighted by molar-refractivity contribution is 5.96. The van der Waals surface area contributed by atoms with E-state index in [1.165, 1.54) is 0 Å². The lowest BCUT2D eigenvalue weighted by atomic mass is 10.2. The predicted molar refractivity (Wildman–Crippen MR) is 76.4 cm³/mol. The molecule has 2 aromatic rings. The summed E-state index contributed by atoms with van der Waals surface area (Å²) in [7, 11) is 0. The highest BCUT2D eigenvalue weighted by Crippen LogP contribution is 2.20. The van der Waals surface area contributed by atoms with Gasteiger partial charge in [-0.1, -0.05) is 18.6 Å². The molecule has 1 amide bonds. The fourth-order valence-electron chi connectivity index (χ4n) is 1.95. The van der Waals surface area contributed by atoms with E-state index in [1.807, 2.05) is 25.1 Å². The third-order valence-electron chi connectivity index (χ3n) is 2.96. The molecule has 0 saturated heterocycles. The van der Waals surface area contributed by atoms with Crippen molar-refractivity contribution < 1.29 is 9.21 Å². The highest BCUT2D eigenvalue weighted by Gasteiger charge is 2.11. The Labute approximate surface area is 113 Å². The molecule has 0 atom stereocenters. The topological polar surface area (TPSA) is 54.3 Å². The van der Waals surface area contributed by atoms with Crippen LogP contribution in [0.25, 0.3) is 11.0 Å². The van der Waals surface area contributed by atoms with Gasteiger partial charge in [0.15, 0.2) is 5.76 Å². The summed E-state index contributed by atoms with van der Waals surface area (Å²) in [4.78, 5) is 11.9. The van der Waals surface area contributed by atoms with Crippen LogP contribution in [0.2, 0.25) is 0 Å². The number of hydrogen-bond acceptors (Lipinski definition) is 3. The number of aryl methyl sites for hydroxylation is 1. The quantitative estimate of drug-likeness (QED) is 0.784. The van der Waals surface area contributed by atoms with Crippen LogP contribution in [0.15, 0.2) is 28.7 Å². The summed E-state index contributed by atoms with van der Waals surface area (Å²) in [5.74, 6) is 0.231. The summed E-state index contributed by atoms with van der Waals surface area (Å²) in [6.07, 6.45) is 0.916. The molecule has 1 aromatic heterocycles. The van der Waals surface area contributed by atoms with Crippen molar-refractivity contribution in [3.8, 4) is 0 Å². The van der Waals surface area contributed by atoms with E-state index in [4.69, 9.17) is 4.42 Å². The molecule has 1 heterocycles. The van der Waals surface area contributed by atoms with Crippen LogP contribution in [0.4, 0.5) is 0 Å². The Hall–Kier alpha value is -1.81. The van der Waals surface area contributed by atoms with Gasteiger partial charge in [0.05, 0.1) is 0 Å². The van der Waals surface area contributed by atoms with E-state index in [0.29, 0.717) is 12.3 Å². The average Bonchev–Trinajstić information content (AvgIpc) is 2.81. The first-order valence-electron chi connectivity index (χ1n) is 6.70. The maximum Gasteiger partial charge on any atom is 0.287 e. The van der Waals surface area contributed by atoms with Crippen LogP contribution in [0.1, 0.15) is 29.5 Å². The predicted octanol–water partition coefficient (Wildman–Crippen LogP) is 2.47. The van der Waals surface area contributed by atoms with Crippen LogP contribution in [-0.4, -0.2) is 25.5 Å². The first-order chi connectivity index (χ1) is 9.20. The van der Waals surface area contributed by atoms with Gasteiger partial charge < -0.3 is 15.1 Å². The Morgan fingerprint density at radius 2 is 2.11 bits per heavy atom. The first kappa shape index (κ1) is 13.6. The summed E-state index contributed by atoms with van der Waals surface area (Å²) < 4.78 is 5.54. The molecule has 1 aromatic carbocycles. The Balaban J connectivity index is 1.94. The molecule has 0 aliphatic carbocycles. The smallest absolute Gasteiger partial charge is 0.287 e. The van der Waals surface area contributed by atoms with Gasteiger partial charge in [-0.25, -0.2) is 0 Å². The van der Waals surface area contributed by atoms with Gasteiger partial charge in [0.25, 0.3) is 5.91 Å². The van der Waals surface area contributed by atoms with E-state index < -0.39 is 0 Å². The second-order valence-electron chi connectivity index (χ2n) is 4.61. The van der Waals surface area contributed by atoms with Crippen LogP contribution >= 0.6 is 0 Å². The fourth-order valence-corrected chi connectivity index (χ4v) is 1.95. The van der Waals surface area contributed by atoms with Gasteiger partial charge in [0.1, 0.15) is 5.58 Å². The Kier molecular flexibility index (Phi) is 4.58. The van der Waals surface area contributed by atoms with Gasteiger partial charge in [0, 0.05) is 11.9 Å². The molecule has 2 N–H and O–H groups in total. The number of carbonyl (C=O) groups excluding carboxylic acids is 1. The molecule has 102 valence electrons. The van der Waals surface area contributed by atoms with Crippen molar-refractivity contribution in [1.29, 1.82) is 0 Å². The zero-order valence-electron chi connectivity index (χ0n) is 11.5. The summed E-state index contributed by atoms with van der Waals surface area (Å²) in [6.45, 7) is 6.61. The SMILES string of the molecule is CCNCCCNC(=O)c1cc2cc(C)ccc2o1. The standard InChI is InChI=1S/C15H20N2O2/c1-3-16-7-4-8-17-15(18)14-10-12-9-11(2)5-6-13(12)19-14/h5-6,9-10,16H,3-4,7-8H2,1-2H3,(H,17,18). The molecule has 4 heteroatoms. The van der Waals surface area contributed by atoms with Crippen molar-refractivity contribution in [3.05, 3.63) is 35.6 Å². The molecular weight excluding hydrogens is 240 g/mol. The molecule has 0 aliphatic rings. The zero-order chi connectivity index (χ0) is 13.7. The van der Waals surface area contributed by atoms with Crippen molar-refractivity contribution in [1.82, 2.24) is 10.6 Å². The minimum atomic E-state index is -0.148. The van der Waals surface area contributed by atoms with E-state index in [0.717, 1.165) is 36.0 Å². The number of carbonyl (C=O) groups is 1. The van der Waals surface area contributed by atoms with Crippen molar-refractivity contribution in [2.24, 2.45) is 0 Å². The molecule has 0 saturated carbocycles. The number of hydrogen-bond donors (Lipinski definition) is 2. The molecule has 0 fully saturated rings. The normalized spacial score (nSPS) is 10.8. The summed E-state index contributed by atoms with van der Waals surface area (Å²) >= 11 is 0. The van der Waals surface area contributed by atoms with E-state index >= 15 is 0 Å². The number of benzene rings is 1. The molecule has 0 unspecified atom stereocenters. The monoisotopic (exact) mass is 260 g/mol. The lowest BCUT2D eigenvalue weighted by molar-refractivity contribution is 0.0928. The van der Waals surface area contributed by atoms with Gasteiger partial charge >= 0.3 is 0 Å². The number of amides is 1. The van der Waals surface area contributed by atoms with Crippen molar-refractivity contribution >= 4 is 16.9 Å². The van der Waals surface area contributed by atoms with E-state index in [1.54, 1.807) is 6.07 Å². The average molecular weight is 260 g/mol. The van der Waals surface area contributed by atoms with Gasteiger partial charge in [-0.15, -0.1) is 0 Å². The highest BCUT2D eigenvalue weighted by atomic mass is 16.3. The number of nitrogens with one attached hydrogen (secondary N) is 2. The van der Waals surface area contributed by atoms with E-state index in [9.17, 15) is 4.79 Å². The molecule has 4 nitrogen and oxygen atoms in total. The fraction of sp³-hybridized carbons (Fsp3) is 0.400. The second-order valence-corrected chi connectivity index (χ2v) is 4.61. The van der Waals surface area contributed by atoms with Gasteiger partial charge in [-0.05, 0) is 44.6 Å². The largest absolute Gasteiger partial charge is 0.451 e. The molecule has 19 heavy (non-hydrogen) atoms. The van der Waals surface area contributed by atoms with Crippen molar-refractivity contribution in [2.45, 2.75) is 20.3 Å². The summed E-state index contributed by atoms with van der Waals surface area (Å²) in [5.41, 5.74) is 1.91. The third-order valence-corrected chi connectivity index (χ3v) is 2.96. The Morgan fingerprint density at radius 1 is 1.26 bits per heavy atom. The third kappa shape index (κ3) is 3.58. The van der Waals surface area contributed by atoms with Gasteiger partial charge in [-0.2, -0.15) is 0 Å². The zero-order valence-corrected chi connectivity index (χ0v) is 11.5. The number of rotatable bonds is 6. The summed E-state index contributed by atoms with van der Waals surface area (Å²) in [6, 6.07) is 7.68. The maximum absolute atomic E-state index is 11.9. The Morgan fingerprint density at radius 3 is 2.89 bits per heavy atom. The van der Waals surface area contributed by atoms with Gasteiger partial charge in [0.2, 0.25) is 0 Å². The second kappa shape index (κ2) is 6.38. The molecule has 0 bridgehead atoms. The van der Waals surface area contributed by atoms with Crippen LogP contribution in [-0.2, 0) is 0 Å². The van der Waals surface area contributed by atoms with Crippen LogP contribution < -0.4 is 10.6 Å². The summed E-state index contributed by atoms with van der Waals surface area (Å²) in [5, 5.41) is 7.05. The molecule has 0 aliphatic heterocycles. The molecule has 0 radical (unpaired) electrons. The minimum absolute atomic E-state index is 0.148. The van der Waals surface area contributed by atoms with Crippen LogP contribution in [0.5, 0.6) is 0 Å². The van der Waals surface area contributed by atoms with E-state index in [-0.39, 0.29) is 5.91 Å². The van der Waals surface area contributed by atoms with E-state index in [2.05, 4.69) is 17.6 Å². The van der Waals surface area contributed by atoms with Crippen molar-refractivity contribution in [2.75, 3.05) is 19.6 Å².